The number of nitrogens with one attached hydrogen (secondary N) is 1. The van der Waals surface area contributed by atoms with E-state index in [1.54, 1.807) is 4.90 Å². The SMILES string of the molecule is CCN(CC)C(=O)CNc1cc(Cl)c(F)cc1[N+](=O)[O-]. The number of carbonyl (C=O) groups excluding carboxylic acids is 1. The molecule has 1 aromatic rings. The van der Waals surface area contributed by atoms with Crippen LogP contribution >= 0.6 is 11.6 Å². The van der Waals surface area contributed by atoms with Crippen molar-refractivity contribution in [1.82, 2.24) is 4.90 Å². The predicted octanol–water partition coefficient (Wildman–Crippen LogP) is 2.67. The molecule has 0 aliphatic heterocycles. The summed E-state index contributed by atoms with van der Waals surface area (Å²) >= 11 is 5.59. The van der Waals surface area contributed by atoms with Crippen LogP contribution in [0.2, 0.25) is 5.02 Å². The number of anilines is 1. The number of nitro groups is 1. The fraction of sp³-hybridized carbons (Fsp3) is 0.417. The number of rotatable bonds is 6. The largest absolute Gasteiger partial charge is 0.371 e. The van der Waals surface area contributed by atoms with Crippen LogP contribution in [0.4, 0.5) is 15.8 Å². The number of amides is 1. The highest BCUT2D eigenvalue weighted by Gasteiger charge is 2.19. The monoisotopic (exact) mass is 303 g/mol. The molecule has 1 N–H and O–H groups in total. The van der Waals surface area contributed by atoms with Crippen LogP contribution in [-0.2, 0) is 4.79 Å². The normalized spacial score (nSPS) is 10.2. The second-order valence-corrected chi connectivity index (χ2v) is 4.37. The van der Waals surface area contributed by atoms with E-state index < -0.39 is 16.4 Å². The molecule has 20 heavy (non-hydrogen) atoms. The Hall–Kier alpha value is -1.89. The fourth-order valence-electron chi connectivity index (χ4n) is 1.69. The van der Waals surface area contributed by atoms with Crippen molar-refractivity contribution in [3.05, 3.63) is 33.1 Å². The van der Waals surface area contributed by atoms with Crippen molar-refractivity contribution < 1.29 is 14.1 Å². The molecular formula is C12H15ClFN3O3. The number of nitro benzene ring substituents is 1. The van der Waals surface area contributed by atoms with Crippen LogP contribution < -0.4 is 5.32 Å². The Labute approximate surface area is 120 Å². The van der Waals surface area contributed by atoms with Crippen molar-refractivity contribution in [3.63, 3.8) is 0 Å². The first-order chi connectivity index (χ1) is 9.40. The van der Waals surface area contributed by atoms with Gasteiger partial charge in [0.1, 0.15) is 11.5 Å². The van der Waals surface area contributed by atoms with Gasteiger partial charge in [0.05, 0.1) is 22.6 Å². The van der Waals surface area contributed by atoms with Crippen LogP contribution in [0.1, 0.15) is 13.8 Å². The van der Waals surface area contributed by atoms with E-state index in [0.717, 1.165) is 12.1 Å². The molecule has 0 bridgehead atoms. The molecule has 0 spiro atoms. The lowest BCUT2D eigenvalue weighted by Gasteiger charge is -2.19. The summed E-state index contributed by atoms with van der Waals surface area (Å²) in [5.41, 5.74) is -0.443. The van der Waals surface area contributed by atoms with Gasteiger partial charge in [-0.2, -0.15) is 0 Å². The summed E-state index contributed by atoms with van der Waals surface area (Å²) in [6.45, 7) is 4.63. The molecule has 0 heterocycles. The Morgan fingerprint density at radius 2 is 2.05 bits per heavy atom. The van der Waals surface area contributed by atoms with E-state index in [4.69, 9.17) is 11.6 Å². The first-order valence-corrected chi connectivity index (χ1v) is 6.43. The molecule has 110 valence electrons. The van der Waals surface area contributed by atoms with E-state index in [9.17, 15) is 19.3 Å². The molecule has 0 atom stereocenters. The highest BCUT2D eigenvalue weighted by Crippen LogP contribution is 2.30. The molecule has 0 saturated carbocycles. The summed E-state index contributed by atoms with van der Waals surface area (Å²) in [5, 5.41) is 13.2. The third-order valence-corrected chi connectivity index (χ3v) is 3.07. The van der Waals surface area contributed by atoms with Gasteiger partial charge in [-0.05, 0) is 19.9 Å². The molecule has 6 nitrogen and oxygen atoms in total. The van der Waals surface area contributed by atoms with Crippen molar-refractivity contribution in [3.8, 4) is 0 Å². The van der Waals surface area contributed by atoms with Crippen LogP contribution in [0.15, 0.2) is 12.1 Å². The minimum atomic E-state index is -0.876. The smallest absolute Gasteiger partial charge is 0.295 e. The minimum absolute atomic E-state index is 0.0157. The first-order valence-electron chi connectivity index (χ1n) is 6.05. The van der Waals surface area contributed by atoms with Gasteiger partial charge in [0.25, 0.3) is 5.69 Å². The molecule has 1 aromatic carbocycles. The highest BCUT2D eigenvalue weighted by atomic mass is 35.5. The molecule has 0 aliphatic rings. The standard InChI is InChI=1S/C12H15ClFN3O3/c1-3-16(4-2)12(18)7-15-10-5-8(13)9(14)6-11(10)17(19)20/h5-6,15H,3-4,7H2,1-2H3. The second-order valence-electron chi connectivity index (χ2n) is 3.96. The van der Waals surface area contributed by atoms with Gasteiger partial charge in [-0.3, -0.25) is 14.9 Å². The topological polar surface area (TPSA) is 75.5 Å². The summed E-state index contributed by atoms with van der Waals surface area (Å²) in [6, 6.07) is 1.83. The fourth-order valence-corrected chi connectivity index (χ4v) is 1.85. The summed E-state index contributed by atoms with van der Waals surface area (Å²) in [6.07, 6.45) is 0. The van der Waals surface area contributed by atoms with Crippen LogP contribution in [0, 0.1) is 15.9 Å². The molecule has 1 amide bonds. The molecule has 0 fully saturated rings. The number of hydrogen-bond donors (Lipinski definition) is 1. The van der Waals surface area contributed by atoms with Crippen LogP contribution in [0.3, 0.4) is 0 Å². The van der Waals surface area contributed by atoms with Crippen molar-refractivity contribution >= 4 is 28.9 Å². The summed E-state index contributed by atoms with van der Waals surface area (Å²) < 4.78 is 13.2. The molecule has 8 heteroatoms. The number of benzene rings is 1. The summed E-state index contributed by atoms with van der Waals surface area (Å²) in [7, 11) is 0. The van der Waals surface area contributed by atoms with Crippen LogP contribution in [-0.4, -0.2) is 35.4 Å². The Morgan fingerprint density at radius 3 is 2.55 bits per heavy atom. The maximum absolute atomic E-state index is 13.2. The second kappa shape index (κ2) is 7.04. The minimum Gasteiger partial charge on any atom is -0.371 e. The Morgan fingerprint density at radius 1 is 1.45 bits per heavy atom. The number of nitrogens with zero attached hydrogens (tertiary/aromatic N) is 2. The van der Waals surface area contributed by atoms with Crippen molar-refractivity contribution in [2.75, 3.05) is 25.0 Å². The van der Waals surface area contributed by atoms with Crippen molar-refractivity contribution in [2.45, 2.75) is 13.8 Å². The summed E-state index contributed by atoms with van der Waals surface area (Å²) in [5.74, 6) is -1.08. The number of hydrogen-bond acceptors (Lipinski definition) is 4. The summed E-state index contributed by atoms with van der Waals surface area (Å²) in [4.78, 5) is 23.5. The molecule has 0 radical (unpaired) electrons. The van der Waals surface area contributed by atoms with Crippen molar-refractivity contribution in [2.24, 2.45) is 0 Å². The lowest BCUT2D eigenvalue weighted by atomic mass is 10.2. The van der Waals surface area contributed by atoms with Gasteiger partial charge < -0.3 is 10.2 Å². The van der Waals surface area contributed by atoms with E-state index in [1.807, 2.05) is 13.8 Å². The zero-order chi connectivity index (χ0) is 15.3. The Bertz CT molecular complexity index is 521. The molecule has 0 aliphatic carbocycles. The quantitative estimate of drug-likeness (QED) is 0.647. The van der Waals surface area contributed by atoms with Crippen LogP contribution in [0.5, 0.6) is 0 Å². The molecule has 1 rings (SSSR count). The molecule has 0 saturated heterocycles. The first kappa shape index (κ1) is 16.2. The van der Waals surface area contributed by atoms with Gasteiger partial charge in [0.2, 0.25) is 5.91 Å². The van der Waals surface area contributed by atoms with Gasteiger partial charge >= 0.3 is 0 Å². The number of carbonyl (C=O) groups is 1. The maximum Gasteiger partial charge on any atom is 0.295 e. The average molecular weight is 304 g/mol. The van der Waals surface area contributed by atoms with E-state index in [-0.39, 0.29) is 23.2 Å². The van der Waals surface area contributed by atoms with E-state index >= 15 is 0 Å². The predicted molar refractivity (Wildman–Crippen MR) is 74.5 cm³/mol. The Balaban J connectivity index is 2.89. The van der Waals surface area contributed by atoms with Crippen molar-refractivity contribution in [1.29, 1.82) is 0 Å². The van der Waals surface area contributed by atoms with Gasteiger partial charge in [0.15, 0.2) is 0 Å². The van der Waals surface area contributed by atoms with E-state index in [2.05, 4.69) is 5.32 Å². The zero-order valence-electron chi connectivity index (χ0n) is 11.2. The van der Waals surface area contributed by atoms with E-state index in [0.29, 0.717) is 13.1 Å². The van der Waals surface area contributed by atoms with Gasteiger partial charge in [0, 0.05) is 13.1 Å². The van der Waals surface area contributed by atoms with Gasteiger partial charge in [-0.15, -0.1) is 0 Å². The Kier molecular flexibility index (Phi) is 5.69. The average Bonchev–Trinajstić information content (AvgIpc) is 2.40. The van der Waals surface area contributed by atoms with E-state index in [1.165, 1.54) is 0 Å². The highest BCUT2D eigenvalue weighted by molar-refractivity contribution is 6.31. The molecule has 0 unspecified atom stereocenters. The third-order valence-electron chi connectivity index (χ3n) is 2.78. The lowest BCUT2D eigenvalue weighted by molar-refractivity contribution is -0.384. The molecular weight excluding hydrogens is 289 g/mol. The van der Waals surface area contributed by atoms with Crippen LogP contribution in [0.25, 0.3) is 0 Å². The van der Waals surface area contributed by atoms with Gasteiger partial charge in [-0.25, -0.2) is 4.39 Å². The number of likely N-dealkylation sites (N-methyl/N-ethyl adjacent to an activating group) is 1. The maximum atomic E-state index is 13.2. The third kappa shape index (κ3) is 3.80. The zero-order valence-corrected chi connectivity index (χ0v) is 11.9. The molecule has 0 aromatic heterocycles. The van der Waals surface area contributed by atoms with Gasteiger partial charge in [-0.1, -0.05) is 11.6 Å². The number of halogens is 2. The lowest BCUT2D eigenvalue weighted by Crippen LogP contribution is -2.35.